The molecule has 1 fully saturated rings. The van der Waals surface area contributed by atoms with E-state index in [1.807, 2.05) is 0 Å². The predicted octanol–water partition coefficient (Wildman–Crippen LogP) is 2.15. The third-order valence-corrected chi connectivity index (χ3v) is 4.08. The van der Waals surface area contributed by atoms with Gasteiger partial charge in [0.15, 0.2) is 0 Å². The molecule has 1 aromatic rings. The summed E-state index contributed by atoms with van der Waals surface area (Å²) in [4.78, 5) is 7.13. The second-order valence-electron chi connectivity index (χ2n) is 4.02. The Morgan fingerprint density at radius 3 is 3.13 bits per heavy atom. The number of nitrogens with two attached hydrogens (primary N) is 1. The number of nitrogens with zero attached hydrogens (tertiary/aromatic N) is 2. The zero-order valence-corrected chi connectivity index (χ0v) is 10.1. The highest BCUT2D eigenvalue weighted by atomic mass is 32.1. The van der Waals surface area contributed by atoms with Gasteiger partial charge in [-0.1, -0.05) is 13.3 Å². The standard InChI is InChI=1S/C11H19N3S/c1-2-14-6-4-3-5-10(14)11-13-9(7-12)8-15-11/h8,10H,2-7,12H2,1H3. The molecule has 2 heterocycles. The normalized spacial score (nSPS) is 23.2. The van der Waals surface area contributed by atoms with E-state index in [-0.39, 0.29) is 0 Å². The number of hydrogen-bond acceptors (Lipinski definition) is 4. The fourth-order valence-electron chi connectivity index (χ4n) is 2.22. The molecule has 0 spiro atoms. The smallest absolute Gasteiger partial charge is 0.110 e. The van der Waals surface area contributed by atoms with Crippen LogP contribution >= 0.6 is 11.3 Å². The highest BCUT2D eigenvalue weighted by molar-refractivity contribution is 7.09. The lowest BCUT2D eigenvalue weighted by Crippen LogP contribution is -2.33. The summed E-state index contributed by atoms with van der Waals surface area (Å²) >= 11 is 1.77. The van der Waals surface area contributed by atoms with E-state index in [1.54, 1.807) is 11.3 Å². The maximum Gasteiger partial charge on any atom is 0.110 e. The van der Waals surface area contributed by atoms with Gasteiger partial charge >= 0.3 is 0 Å². The molecule has 2 N–H and O–H groups in total. The van der Waals surface area contributed by atoms with Crippen molar-refractivity contribution in [1.29, 1.82) is 0 Å². The van der Waals surface area contributed by atoms with Gasteiger partial charge in [0.25, 0.3) is 0 Å². The first-order valence-corrected chi connectivity index (χ1v) is 6.61. The summed E-state index contributed by atoms with van der Waals surface area (Å²) in [5.74, 6) is 0. The topological polar surface area (TPSA) is 42.2 Å². The lowest BCUT2D eigenvalue weighted by Gasteiger charge is -2.33. The van der Waals surface area contributed by atoms with E-state index in [2.05, 4.69) is 22.2 Å². The van der Waals surface area contributed by atoms with Crippen LogP contribution < -0.4 is 5.73 Å². The minimum absolute atomic E-state index is 0.550. The van der Waals surface area contributed by atoms with E-state index >= 15 is 0 Å². The molecule has 1 aromatic heterocycles. The Morgan fingerprint density at radius 2 is 2.47 bits per heavy atom. The van der Waals surface area contributed by atoms with Crippen molar-refractivity contribution >= 4 is 11.3 Å². The molecule has 2 rings (SSSR count). The Hall–Kier alpha value is -0.450. The van der Waals surface area contributed by atoms with Crippen molar-refractivity contribution in [1.82, 2.24) is 9.88 Å². The van der Waals surface area contributed by atoms with Crippen LogP contribution in [0.5, 0.6) is 0 Å². The number of thiazole rings is 1. The first-order valence-electron chi connectivity index (χ1n) is 5.73. The van der Waals surface area contributed by atoms with E-state index in [4.69, 9.17) is 5.73 Å². The summed E-state index contributed by atoms with van der Waals surface area (Å²) in [6.45, 7) is 5.14. The number of hydrogen-bond donors (Lipinski definition) is 1. The number of piperidine rings is 1. The van der Waals surface area contributed by atoms with E-state index in [0.29, 0.717) is 12.6 Å². The maximum absolute atomic E-state index is 5.59. The Morgan fingerprint density at radius 1 is 1.60 bits per heavy atom. The van der Waals surface area contributed by atoms with Gasteiger partial charge in [-0.05, 0) is 25.9 Å². The molecule has 15 heavy (non-hydrogen) atoms. The van der Waals surface area contributed by atoms with Crippen LogP contribution in [0.25, 0.3) is 0 Å². The zero-order valence-electron chi connectivity index (χ0n) is 9.28. The van der Waals surface area contributed by atoms with Gasteiger partial charge in [-0.25, -0.2) is 4.98 Å². The summed E-state index contributed by atoms with van der Waals surface area (Å²) < 4.78 is 0. The van der Waals surface area contributed by atoms with Gasteiger partial charge in [-0.3, -0.25) is 4.90 Å². The lowest BCUT2D eigenvalue weighted by atomic mass is 10.0. The molecule has 1 atom stereocenters. The van der Waals surface area contributed by atoms with Crippen LogP contribution in [-0.4, -0.2) is 23.0 Å². The Labute approximate surface area is 95.3 Å². The Bertz CT molecular complexity index is 311. The minimum Gasteiger partial charge on any atom is -0.325 e. The highest BCUT2D eigenvalue weighted by Gasteiger charge is 2.24. The number of likely N-dealkylation sites (tertiary alicyclic amines) is 1. The lowest BCUT2D eigenvalue weighted by molar-refractivity contribution is 0.157. The van der Waals surface area contributed by atoms with E-state index in [0.717, 1.165) is 12.2 Å². The van der Waals surface area contributed by atoms with Gasteiger partial charge in [0.05, 0.1) is 11.7 Å². The summed E-state index contributed by atoms with van der Waals surface area (Å²) in [5, 5.41) is 3.36. The molecule has 0 bridgehead atoms. The molecule has 1 aliphatic heterocycles. The molecule has 3 nitrogen and oxygen atoms in total. The average Bonchev–Trinajstić information content (AvgIpc) is 2.77. The third-order valence-electron chi connectivity index (χ3n) is 3.08. The van der Waals surface area contributed by atoms with Crippen molar-refractivity contribution in [3.63, 3.8) is 0 Å². The van der Waals surface area contributed by atoms with Gasteiger partial charge in [-0.2, -0.15) is 0 Å². The second kappa shape index (κ2) is 5.05. The first-order chi connectivity index (χ1) is 7.35. The van der Waals surface area contributed by atoms with Gasteiger partial charge in [0.1, 0.15) is 5.01 Å². The monoisotopic (exact) mass is 225 g/mol. The minimum atomic E-state index is 0.550. The van der Waals surface area contributed by atoms with Crippen LogP contribution in [0.1, 0.15) is 42.9 Å². The number of aromatic nitrogens is 1. The fraction of sp³-hybridized carbons (Fsp3) is 0.727. The molecule has 1 saturated heterocycles. The van der Waals surface area contributed by atoms with Gasteiger partial charge in [0.2, 0.25) is 0 Å². The van der Waals surface area contributed by atoms with Crippen molar-refractivity contribution < 1.29 is 0 Å². The molecule has 1 unspecified atom stereocenters. The first kappa shape index (κ1) is 11.0. The molecule has 0 amide bonds. The molecule has 0 saturated carbocycles. The summed E-state index contributed by atoms with van der Waals surface area (Å²) in [6, 6.07) is 0.550. The van der Waals surface area contributed by atoms with E-state index in [9.17, 15) is 0 Å². The van der Waals surface area contributed by atoms with Gasteiger partial charge in [-0.15, -0.1) is 11.3 Å². The van der Waals surface area contributed by atoms with Crippen molar-refractivity contribution in [2.24, 2.45) is 5.73 Å². The van der Waals surface area contributed by atoms with Gasteiger partial charge < -0.3 is 5.73 Å². The zero-order chi connectivity index (χ0) is 10.7. The van der Waals surface area contributed by atoms with Gasteiger partial charge in [0, 0.05) is 11.9 Å². The maximum atomic E-state index is 5.59. The summed E-state index contributed by atoms with van der Waals surface area (Å²) in [6.07, 6.45) is 3.92. The third kappa shape index (κ3) is 2.38. The molecule has 0 radical (unpaired) electrons. The molecular formula is C11H19N3S. The van der Waals surface area contributed by atoms with Crippen molar-refractivity contribution in [2.75, 3.05) is 13.1 Å². The van der Waals surface area contributed by atoms with Crippen LogP contribution in [0.15, 0.2) is 5.38 Å². The summed E-state index contributed by atoms with van der Waals surface area (Å²) in [7, 11) is 0. The van der Waals surface area contributed by atoms with Crippen molar-refractivity contribution in [2.45, 2.75) is 38.8 Å². The SMILES string of the molecule is CCN1CCCCC1c1nc(CN)cs1. The number of rotatable bonds is 3. The van der Waals surface area contributed by atoms with Crippen LogP contribution in [0.3, 0.4) is 0 Å². The second-order valence-corrected chi connectivity index (χ2v) is 4.91. The highest BCUT2D eigenvalue weighted by Crippen LogP contribution is 2.32. The van der Waals surface area contributed by atoms with Crippen LogP contribution in [0.4, 0.5) is 0 Å². The van der Waals surface area contributed by atoms with E-state index in [1.165, 1.54) is 30.8 Å². The van der Waals surface area contributed by atoms with Crippen LogP contribution in [-0.2, 0) is 6.54 Å². The molecule has 0 aromatic carbocycles. The largest absolute Gasteiger partial charge is 0.325 e. The van der Waals surface area contributed by atoms with Crippen LogP contribution in [0, 0.1) is 0 Å². The molecular weight excluding hydrogens is 206 g/mol. The van der Waals surface area contributed by atoms with Crippen LogP contribution in [0.2, 0.25) is 0 Å². The van der Waals surface area contributed by atoms with Crippen molar-refractivity contribution in [3.05, 3.63) is 16.1 Å². The van der Waals surface area contributed by atoms with Crippen molar-refractivity contribution in [3.8, 4) is 0 Å². The molecule has 0 aliphatic carbocycles. The Balaban J connectivity index is 2.12. The quantitative estimate of drug-likeness (QED) is 0.857. The molecule has 1 aliphatic rings. The van der Waals surface area contributed by atoms with E-state index < -0.39 is 0 Å². The predicted molar refractivity (Wildman–Crippen MR) is 63.8 cm³/mol. The average molecular weight is 225 g/mol. The molecule has 84 valence electrons. The summed E-state index contributed by atoms with van der Waals surface area (Å²) in [5.41, 5.74) is 6.63. The molecule has 4 heteroatoms. The Kier molecular flexibility index (Phi) is 3.72. The fourth-order valence-corrected chi connectivity index (χ4v) is 3.22.